The second-order valence-corrected chi connectivity index (χ2v) is 5.91. The SMILES string of the molecule is COC(c1ccccc1)c1noc(C2CC3CCC2N3)n1. The molecule has 3 heterocycles. The van der Waals surface area contributed by atoms with Crippen LogP contribution in [0.2, 0.25) is 0 Å². The molecule has 2 aliphatic rings. The van der Waals surface area contributed by atoms with Crippen molar-refractivity contribution in [2.75, 3.05) is 7.11 Å². The van der Waals surface area contributed by atoms with Gasteiger partial charge < -0.3 is 14.6 Å². The lowest BCUT2D eigenvalue weighted by molar-refractivity contribution is 0.126. The molecule has 0 radical (unpaired) electrons. The Labute approximate surface area is 123 Å². The summed E-state index contributed by atoms with van der Waals surface area (Å²) in [7, 11) is 1.67. The summed E-state index contributed by atoms with van der Waals surface area (Å²) in [6.45, 7) is 0. The van der Waals surface area contributed by atoms with Gasteiger partial charge >= 0.3 is 0 Å². The van der Waals surface area contributed by atoms with E-state index in [0.29, 0.717) is 23.8 Å². The quantitative estimate of drug-likeness (QED) is 0.934. The molecule has 5 nitrogen and oxygen atoms in total. The molecule has 0 spiro atoms. The molecule has 5 heteroatoms. The van der Waals surface area contributed by atoms with E-state index in [1.165, 1.54) is 12.8 Å². The Balaban J connectivity index is 1.59. The second-order valence-electron chi connectivity index (χ2n) is 5.91. The Bertz CT molecular complexity index is 613. The number of benzene rings is 1. The topological polar surface area (TPSA) is 60.2 Å². The van der Waals surface area contributed by atoms with Gasteiger partial charge in [0.25, 0.3) is 0 Å². The van der Waals surface area contributed by atoms with Crippen molar-refractivity contribution < 1.29 is 9.26 Å². The highest BCUT2D eigenvalue weighted by atomic mass is 16.5. The van der Waals surface area contributed by atoms with Gasteiger partial charge in [-0.1, -0.05) is 35.5 Å². The zero-order valence-corrected chi connectivity index (χ0v) is 12.0. The molecule has 2 bridgehead atoms. The maximum absolute atomic E-state index is 5.56. The van der Waals surface area contributed by atoms with Crippen molar-refractivity contribution in [1.29, 1.82) is 0 Å². The van der Waals surface area contributed by atoms with Gasteiger partial charge in [0.2, 0.25) is 11.7 Å². The van der Waals surface area contributed by atoms with Gasteiger partial charge in [-0.3, -0.25) is 0 Å². The summed E-state index contributed by atoms with van der Waals surface area (Å²) in [6.07, 6.45) is 3.32. The van der Waals surface area contributed by atoms with Crippen LogP contribution in [0.25, 0.3) is 0 Å². The van der Waals surface area contributed by atoms with E-state index in [4.69, 9.17) is 9.26 Å². The summed E-state index contributed by atoms with van der Waals surface area (Å²) >= 11 is 0. The molecule has 1 N–H and O–H groups in total. The van der Waals surface area contributed by atoms with E-state index in [-0.39, 0.29) is 6.10 Å². The summed E-state index contributed by atoms with van der Waals surface area (Å²) in [6, 6.07) is 11.1. The molecule has 1 aromatic heterocycles. The lowest BCUT2D eigenvalue weighted by Gasteiger charge is -2.15. The van der Waals surface area contributed by atoms with Crippen LogP contribution in [0.4, 0.5) is 0 Å². The van der Waals surface area contributed by atoms with Crippen LogP contribution in [0.15, 0.2) is 34.9 Å². The van der Waals surface area contributed by atoms with Crippen LogP contribution in [0.3, 0.4) is 0 Å². The lowest BCUT2D eigenvalue weighted by atomic mass is 9.89. The molecule has 21 heavy (non-hydrogen) atoms. The number of ether oxygens (including phenoxy) is 1. The molecule has 4 unspecified atom stereocenters. The van der Waals surface area contributed by atoms with Gasteiger partial charge in [-0.2, -0.15) is 4.98 Å². The first kappa shape index (κ1) is 13.0. The number of aromatic nitrogens is 2. The smallest absolute Gasteiger partial charge is 0.231 e. The summed E-state index contributed by atoms with van der Waals surface area (Å²) in [5.41, 5.74) is 1.04. The van der Waals surface area contributed by atoms with Gasteiger partial charge in [-0.05, 0) is 24.8 Å². The zero-order chi connectivity index (χ0) is 14.2. The van der Waals surface area contributed by atoms with E-state index >= 15 is 0 Å². The Morgan fingerprint density at radius 1 is 1.29 bits per heavy atom. The third-order valence-corrected chi connectivity index (χ3v) is 4.65. The molecule has 0 aliphatic carbocycles. The van der Waals surface area contributed by atoms with Crippen LogP contribution in [-0.2, 0) is 4.74 Å². The van der Waals surface area contributed by atoms with Crippen molar-refractivity contribution in [1.82, 2.24) is 15.5 Å². The lowest BCUT2D eigenvalue weighted by Crippen LogP contribution is -2.21. The average molecular weight is 285 g/mol. The number of rotatable bonds is 4. The number of nitrogens with zero attached hydrogens (tertiary/aromatic N) is 2. The van der Waals surface area contributed by atoms with Crippen molar-refractivity contribution in [3.05, 3.63) is 47.6 Å². The summed E-state index contributed by atoms with van der Waals surface area (Å²) in [5, 5.41) is 7.75. The van der Waals surface area contributed by atoms with E-state index in [0.717, 1.165) is 17.9 Å². The highest BCUT2D eigenvalue weighted by Gasteiger charge is 2.42. The molecule has 0 saturated carbocycles. The van der Waals surface area contributed by atoms with E-state index in [1.807, 2.05) is 30.3 Å². The van der Waals surface area contributed by atoms with Crippen LogP contribution in [0.5, 0.6) is 0 Å². The monoisotopic (exact) mass is 285 g/mol. The summed E-state index contributed by atoms with van der Waals surface area (Å²) in [4.78, 5) is 4.62. The highest BCUT2D eigenvalue weighted by Crippen LogP contribution is 2.39. The molecule has 2 saturated heterocycles. The molecule has 2 aliphatic heterocycles. The fourth-order valence-corrected chi connectivity index (χ4v) is 3.62. The maximum atomic E-state index is 5.56. The number of hydrogen-bond donors (Lipinski definition) is 1. The van der Waals surface area contributed by atoms with Gasteiger partial charge in [-0.15, -0.1) is 0 Å². The predicted molar refractivity (Wildman–Crippen MR) is 76.9 cm³/mol. The molecule has 2 aromatic rings. The number of nitrogens with one attached hydrogen (secondary N) is 1. The van der Waals surface area contributed by atoms with Gasteiger partial charge in [0.05, 0.1) is 5.92 Å². The van der Waals surface area contributed by atoms with Crippen LogP contribution in [-0.4, -0.2) is 29.3 Å². The fourth-order valence-electron chi connectivity index (χ4n) is 3.62. The van der Waals surface area contributed by atoms with E-state index < -0.39 is 0 Å². The highest BCUT2D eigenvalue weighted by molar-refractivity contribution is 5.23. The molecule has 2 fully saturated rings. The number of methoxy groups -OCH3 is 1. The average Bonchev–Trinajstić information content (AvgIpc) is 3.25. The molecule has 0 amide bonds. The van der Waals surface area contributed by atoms with E-state index in [2.05, 4.69) is 15.5 Å². The van der Waals surface area contributed by atoms with Crippen LogP contribution >= 0.6 is 0 Å². The van der Waals surface area contributed by atoms with E-state index in [1.54, 1.807) is 7.11 Å². The fraction of sp³-hybridized carbons (Fsp3) is 0.500. The molecule has 4 atom stereocenters. The third kappa shape index (κ3) is 2.26. The number of fused-ring (bicyclic) bond motifs is 2. The minimum atomic E-state index is -0.268. The first-order valence-electron chi connectivity index (χ1n) is 7.52. The summed E-state index contributed by atoms with van der Waals surface area (Å²) < 4.78 is 11.1. The predicted octanol–water partition coefficient (Wildman–Crippen LogP) is 2.41. The maximum Gasteiger partial charge on any atom is 0.231 e. The van der Waals surface area contributed by atoms with Crippen molar-refractivity contribution in [2.24, 2.45) is 0 Å². The van der Waals surface area contributed by atoms with Crippen LogP contribution in [0, 0.1) is 0 Å². The van der Waals surface area contributed by atoms with Gasteiger partial charge in [0, 0.05) is 19.2 Å². The second kappa shape index (κ2) is 5.24. The molecule has 1 aromatic carbocycles. The summed E-state index contributed by atoms with van der Waals surface area (Å²) in [5.74, 6) is 1.72. The molecular weight excluding hydrogens is 266 g/mol. The Morgan fingerprint density at radius 3 is 2.81 bits per heavy atom. The molecule has 4 rings (SSSR count). The Kier molecular flexibility index (Phi) is 3.24. The van der Waals surface area contributed by atoms with Gasteiger partial charge in [-0.25, -0.2) is 0 Å². The van der Waals surface area contributed by atoms with E-state index in [9.17, 15) is 0 Å². The van der Waals surface area contributed by atoms with Crippen LogP contribution < -0.4 is 5.32 Å². The van der Waals surface area contributed by atoms with Crippen molar-refractivity contribution >= 4 is 0 Å². The Morgan fingerprint density at radius 2 is 2.14 bits per heavy atom. The first-order valence-corrected chi connectivity index (χ1v) is 7.52. The van der Waals surface area contributed by atoms with Gasteiger partial charge in [0.15, 0.2) is 0 Å². The molecule has 110 valence electrons. The minimum absolute atomic E-state index is 0.268. The zero-order valence-electron chi connectivity index (χ0n) is 12.0. The normalized spacial score (nSPS) is 28.9. The first-order chi connectivity index (χ1) is 10.3. The van der Waals surface area contributed by atoms with Crippen molar-refractivity contribution in [3.8, 4) is 0 Å². The third-order valence-electron chi connectivity index (χ3n) is 4.65. The standard InChI is InChI=1S/C16H19N3O2/c1-20-14(10-5-3-2-4-6-10)15-18-16(21-19-15)12-9-11-7-8-13(12)17-11/h2-6,11-14,17H,7-9H2,1H3. The molecular formula is C16H19N3O2. The van der Waals surface area contributed by atoms with Gasteiger partial charge in [0.1, 0.15) is 6.10 Å². The number of hydrogen-bond acceptors (Lipinski definition) is 5. The largest absolute Gasteiger partial charge is 0.369 e. The minimum Gasteiger partial charge on any atom is -0.369 e. The Hall–Kier alpha value is -1.72. The van der Waals surface area contributed by atoms with Crippen molar-refractivity contribution in [2.45, 2.75) is 43.4 Å². The van der Waals surface area contributed by atoms with Crippen LogP contribution in [0.1, 0.15) is 48.6 Å². The van der Waals surface area contributed by atoms with Crippen molar-refractivity contribution in [3.63, 3.8) is 0 Å².